The number of rotatable bonds is 5. The molecule has 10 unspecified atom stereocenters. The van der Waals surface area contributed by atoms with Crippen LogP contribution in [0.3, 0.4) is 0 Å². The molecular weight excluding hydrogens is 695 g/mol. The SMILES string of the molecule is CCC[Si](c1ccccc1)(C1C2C=CC=CC2C2C=CC=CC21)C1C2C=C(C)C=CC2C2C=CC(C(C)(C)C)=CC21.[CH3-].[CH3-].[Cl][Zr+2][Cl]. The Morgan fingerprint density at radius 2 is 1.11 bits per heavy atom. The summed E-state index contributed by atoms with van der Waals surface area (Å²) in [5.41, 5.74) is 4.56. The van der Waals surface area contributed by atoms with E-state index in [9.17, 15) is 0 Å². The maximum atomic E-state index is 4.93. The van der Waals surface area contributed by atoms with Gasteiger partial charge in [-0.15, -0.1) is 0 Å². The first-order valence-electron chi connectivity index (χ1n) is 16.7. The number of hydrogen-bond acceptors (Lipinski definition) is 0. The van der Waals surface area contributed by atoms with Crippen LogP contribution < -0.4 is 5.19 Å². The Labute approximate surface area is 301 Å². The molecule has 0 saturated heterocycles. The van der Waals surface area contributed by atoms with Gasteiger partial charge >= 0.3 is 37.9 Å². The van der Waals surface area contributed by atoms with Crippen LogP contribution in [0.5, 0.6) is 0 Å². The minimum atomic E-state index is -2.18. The van der Waals surface area contributed by atoms with E-state index in [0.29, 0.717) is 58.4 Å². The molecule has 0 nitrogen and oxygen atoms in total. The summed E-state index contributed by atoms with van der Waals surface area (Å²) in [6.07, 6.45) is 36.8. The summed E-state index contributed by atoms with van der Waals surface area (Å²) in [7, 11) is 7.68. The fourth-order valence-electron chi connectivity index (χ4n) is 10.4. The summed E-state index contributed by atoms with van der Waals surface area (Å²) < 4.78 is 0. The van der Waals surface area contributed by atoms with Crippen molar-refractivity contribution in [1.29, 1.82) is 0 Å². The molecule has 0 aromatic heterocycles. The van der Waals surface area contributed by atoms with E-state index in [1.165, 1.54) is 18.0 Å². The molecule has 2 fully saturated rings. The molecule has 1 aromatic rings. The van der Waals surface area contributed by atoms with E-state index < -0.39 is 28.9 Å². The standard InChI is InChI=1S/C40H48Si.2CH3.2ClH.Zr/c1-6-24-41(29-14-8-7-9-15-29,38-34-18-12-10-16-30(34)31-17-11-13-19-35(31)38)39-36-25-27(2)20-22-32(36)33-23-21-28(26-37(33)39)40(3,4)5;;;;;/h7-23,25-26,30-39H,6,24H2,1-5H3;2*1H3;2*1H;/q;2*-1;;;+4/p-2. The minimum absolute atomic E-state index is 0. The van der Waals surface area contributed by atoms with Gasteiger partial charge in [-0.2, -0.15) is 0 Å². The Bertz CT molecular complexity index is 1410. The zero-order chi connectivity index (χ0) is 31.1. The van der Waals surface area contributed by atoms with Crippen LogP contribution >= 0.6 is 17.0 Å². The number of hydrogen-bond donors (Lipinski definition) is 0. The third kappa shape index (κ3) is 6.56. The van der Waals surface area contributed by atoms with Crippen molar-refractivity contribution in [3.05, 3.63) is 141 Å². The first-order chi connectivity index (χ1) is 21.3. The second-order valence-electron chi connectivity index (χ2n) is 14.9. The van der Waals surface area contributed by atoms with Gasteiger partial charge in [0.25, 0.3) is 0 Å². The van der Waals surface area contributed by atoms with Crippen LogP contribution in [-0.2, 0) is 20.8 Å². The van der Waals surface area contributed by atoms with Gasteiger partial charge in [-0.3, -0.25) is 0 Å². The molecule has 2 saturated carbocycles. The van der Waals surface area contributed by atoms with Crippen LogP contribution in [-0.4, -0.2) is 8.07 Å². The molecule has 0 heterocycles. The molecule has 6 aliphatic rings. The second kappa shape index (κ2) is 15.6. The number of halogens is 2. The molecule has 0 aliphatic heterocycles. The first kappa shape index (κ1) is 37.6. The summed E-state index contributed by atoms with van der Waals surface area (Å²) in [6.45, 7) is 12.0. The third-order valence-corrected chi connectivity index (χ3v) is 18.5. The second-order valence-corrected chi connectivity index (χ2v) is 23.2. The van der Waals surface area contributed by atoms with Gasteiger partial charge in [-0.1, -0.05) is 166 Å². The van der Waals surface area contributed by atoms with Crippen LogP contribution in [0.4, 0.5) is 0 Å². The van der Waals surface area contributed by atoms with Gasteiger partial charge in [0.2, 0.25) is 0 Å². The van der Waals surface area contributed by atoms with E-state index in [4.69, 9.17) is 17.0 Å². The molecule has 10 atom stereocenters. The first-order valence-corrected chi connectivity index (χ1v) is 25.4. The molecule has 1 aromatic carbocycles. The van der Waals surface area contributed by atoms with Gasteiger partial charge in [0.15, 0.2) is 0 Å². The molecule has 4 heteroatoms. The molecule has 0 bridgehead atoms. The molecule has 6 aliphatic carbocycles. The molecule has 0 amide bonds. The van der Waals surface area contributed by atoms with Crippen molar-refractivity contribution in [2.24, 2.45) is 52.8 Å². The van der Waals surface area contributed by atoms with Gasteiger partial charge in [-0.25, -0.2) is 0 Å². The number of benzene rings is 1. The van der Waals surface area contributed by atoms with Crippen molar-refractivity contribution in [3.8, 4) is 0 Å². The van der Waals surface area contributed by atoms with Crippen LogP contribution in [0.1, 0.15) is 41.0 Å². The van der Waals surface area contributed by atoms with E-state index in [2.05, 4.69) is 150 Å². The normalized spacial score (nSPS) is 35.4. The Morgan fingerprint density at radius 1 is 0.652 bits per heavy atom. The fourth-order valence-corrected chi connectivity index (χ4v) is 18.3. The molecule has 0 radical (unpaired) electrons. The van der Waals surface area contributed by atoms with E-state index in [1.807, 2.05) is 0 Å². The summed E-state index contributed by atoms with van der Waals surface area (Å²) >= 11 is -0.826. The van der Waals surface area contributed by atoms with Crippen molar-refractivity contribution in [2.75, 3.05) is 0 Å². The summed E-state index contributed by atoms with van der Waals surface area (Å²) in [4.78, 5) is 0. The monoisotopic (exact) mass is 746 g/mol. The Kier molecular flexibility index (Phi) is 12.7. The van der Waals surface area contributed by atoms with Crippen LogP contribution in [0.15, 0.2) is 127 Å². The molecule has 244 valence electrons. The van der Waals surface area contributed by atoms with Gasteiger partial charge in [0.05, 0.1) is 8.07 Å². The Balaban J connectivity index is 0.000000926. The van der Waals surface area contributed by atoms with Crippen molar-refractivity contribution in [3.63, 3.8) is 0 Å². The topological polar surface area (TPSA) is 0 Å². The van der Waals surface area contributed by atoms with E-state index in [-0.39, 0.29) is 20.3 Å². The van der Waals surface area contributed by atoms with Crippen molar-refractivity contribution in [1.82, 2.24) is 0 Å². The van der Waals surface area contributed by atoms with Crippen molar-refractivity contribution >= 4 is 30.3 Å². The average molecular weight is 749 g/mol. The number of allylic oxidation sites excluding steroid dienone is 16. The molecule has 7 rings (SSSR count). The summed E-state index contributed by atoms with van der Waals surface area (Å²) in [5.74, 6) is 4.88. The van der Waals surface area contributed by atoms with E-state index in [1.54, 1.807) is 10.8 Å². The van der Waals surface area contributed by atoms with Gasteiger partial charge in [-0.05, 0) is 76.3 Å². The number of fused-ring (bicyclic) bond motifs is 6. The summed E-state index contributed by atoms with van der Waals surface area (Å²) in [6, 6.07) is 13.5. The molecule has 46 heavy (non-hydrogen) atoms. The molecule has 0 spiro atoms. The van der Waals surface area contributed by atoms with E-state index >= 15 is 0 Å². The maximum absolute atomic E-state index is 4.93. The summed E-state index contributed by atoms with van der Waals surface area (Å²) in [5, 5.41) is 1.72. The predicted octanol–water partition coefficient (Wildman–Crippen LogP) is 12.0. The average Bonchev–Trinajstić information content (AvgIpc) is 3.53. The molecular formula is C42H54Cl2SiZr. The quantitative estimate of drug-likeness (QED) is 0.208. The Morgan fingerprint density at radius 3 is 1.63 bits per heavy atom. The third-order valence-electron chi connectivity index (χ3n) is 11.8. The van der Waals surface area contributed by atoms with Crippen LogP contribution in [0, 0.1) is 67.6 Å². The predicted molar refractivity (Wildman–Crippen MR) is 203 cm³/mol. The van der Waals surface area contributed by atoms with Gasteiger partial charge < -0.3 is 14.9 Å². The zero-order valence-corrected chi connectivity index (χ0v) is 33.9. The van der Waals surface area contributed by atoms with Crippen LogP contribution in [0.25, 0.3) is 0 Å². The van der Waals surface area contributed by atoms with Gasteiger partial charge in [0, 0.05) is 0 Å². The van der Waals surface area contributed by atoms with Crippen LogP contribution in [0.2, 0.25) is 17.1 Å². The zero-order valence-electron chi connectivity index (χ0n) is 28.9. The van der Waals surface area contributed by atoms with Crippen molar-refractivity contribution in [2.45, 2.75) is 58.2 Å². The fraction of sp³-hybridized carbons (Fsp3) is 0.429. The van der Waals surface area contributed by atoms with Gasteiger partial charge in [0.1, 0.15) is 0 Å². The van der Waals surface area contributed by atoms with E-state index in [0.717, 1.165) is 0 Å². The molecule has 0 N–H and O–H groups in total. The van der Waals surface area contributed by atoms with Crippen molar-refractivity contribution < 1.29 is 20.8 Å². The Hall–Kier alpha value is -1.18.